The standard InChI is InChI=1S/C24H17ClF2N2O3/c25-18-3-1-2-16(21(18)27)12-15-7-11-20-28-22(23(31)24(32)29(20)13-15)19(30)10-6-14-4-8-17(26)9-5-14/h1-5,7-9,11,13,31H,6,10,12H2. The summed E-state index contributed by atoms with van der Waals surface area (Å²) in [7, 11) is 0. The van der Waals surface area contributed by atoms with E-state index in [1.807, 2.05) is 0 Å². The number of benzene rings is 2. The number of fused-ring (bicyclic) bond motifs is 1. The van der Waals surface area contributed by atoms with Crippen LogP contribution in [-0.2, 0) is 12.8 Å². The summed E-state index contributed by atoms with van der Waals surface area (Å²) in [5, 5.41) is 10.3. The lowest BCUT2D eigenvalue weighted by atomic mass is 10.0. The van der Waals surface area contributed by atoms with Crippen molar-refractivity contribution in [2.45, 2.75) is 19.3 Å². The van der Waals surface area contributed by atoms with Crippen molar-refractivity contribution in [2.24, 2.45) is 0 Å². The lowest BCUT2D eigenvalue weighted by molar-refractivity contribution is 0.0975. The van der Waals surface area contributed by atoms with Crippen molar-refractivity contribution in [3.8, 4) is 5.75 Å². The topological polar surface area (TPSA) is 71.7 Å². The van der Waals surface area contributed by atoms with E-state index < -0.39 is 22.9 Å². The van der Waals surface area contributed by atoms with Gasteiger partial charge in [-0.1, -0.05) is 41.9 Å². The van der Waals surface area contributed by atoms with Gasteiger partial charge >= 0.3 is 5.56 Å². The molecule has 0 aliphatic heterocycles. The predicted molar refractivity (Wildman–Crippen MR) is 116 cm³/mol. The van der Waals surface area contributed by atoms with Crippen LogP contribution in [0.2, 0.25) is 5.02 Å². The second kappa shape index (κ2) is 8.88. The summed E-state index contributed by atoms with van der Waals surface area (Å²) in [6.45, 7) is 0. The van der Waals surface area contributed by atoms with Crippen molar-refractivity contribution in [1.82, 2.24) is 9.38 Å². The molecule has 4 rings (SSSR count). The van der Waals surface area contributed by atoms with Gasteiger partial charge in [-0.05, 0) is 47.4 Å². The first kappa shape index (κ1) is 21.6. The molecule has 2 heterocycles. The maximum Gasteiger partial charge on any atom is 0.300 e. The molecule has 8 heteroatoms. The van der Waals surface area contributed by atoms with Crippen LogP contribution in [-0.4, -0.2) is 20.3 Å². The molecule has 2 aromatic heterocycles. The highest BCUT2D eigenvalue weighted by Gasteiger charge is 2.19. The van der Waals surface area contributed by atoms with Crippen LogP contribution in [0, 0.1) is 11.6 Å². The third-order valence-corrected chi connectivity index (χ3v) is 5.40. The number of ketones is 1. The minimum atomic E-state index is -0.798. The summed E-state index contributed by atoms with van der Waals surface area (Å²) in [6.07, 6.45) is 1.92. The number of aromatic nitrogens is 2. The monoisotopic (exact) mass is 454 g/mol. The van der Waals surface area contributed by atoms with Gasteiger partial charge in [0.05, 0.1) is 5.02 Å². The van der Waals surface area contributed by atoms with Gasteiger partial charge in [0.1, 0.15) is 17.3 Å². The molecule has 0 amide bonds. The number of aryl methyl sites for hydroxylation is 1. The van der Waals surface area contributed by atoms with Crippen LogP contribution in [0.4, 0.5) is 8.78 Å². The van der Waals surface area contributed by atoms with E-state index in [2.05, 4.69) is 4.98 Å². The van der Waals surface area contributed by atoms with Gasteiger partial charge in [-0.2, -0.15) is 0 Å². The first-order valence-electron chi connectivity index (χ1n) is 9.78. The molecule has 0 radical (unpaired) electrons. The predicted octanol–water partition coefficient (Wildman–Crippen LogP) is 4.74. The zero-order valence-electron chi connectivity index (χ0n) is 16.7. The number of carbonyl (C=O) groups excluding carboxylic acids is 1. The molecule has 0 aliphatic rings. The van der Waals surface area contributed by atoms with E-state index >= 15 is 0 Å². The van der Waals surface area contributed by atoms with Crippen molar-refractivity contribution in [1.29, 1.82) is 0 Å². The highest BCUT2D eigenvalue weighted by Crippen LogP contribution is 2.21. The van der Waals surface area contributed by atoms with Crippen molar-refractivity contribution in [3.63, 3.8) is 0 Å². The van der Waals surface area contributed by atoms with Gasteiger partial charge in [0.25, 0.3) is 0 Å². The number of Topliss-reactive ketones (excluding diaryl/α,β-unsaturated/α-hetero) is 1. The van der Waals surface area contributed by atoms with Crippen LogP contribution >= 0.6 is 11.6 Å². The van der Waals surface area contributed by atoms with Crippen molar-refractivity contribution < 1.29 is 18.7 Å². The molecular weight excluding hydrogens is 438 g/mol. The second-order valence-electron chi connectivity index (χ2n) is 7.32. The molecule has 32 heavy (non-hydrogen) atoms. The number of rotatable bonds is 6. The maximum absolute atomic E-state index is 14.2. The number of aromatic hydroxyl groups is 1. The summed E-state index contributed by atoms with van der Waals surface area (Å²) in [4.78, 5) is 29.4. The van der Waals surface area contributed by atoms with Crippen LogP contribution in [0.5, 0.6) is 5.75 Å². The Kier molecular flexibility index (Phi) is 6.01. The van der Waals surface area contributed by atoms with Crippen molar-refractivity contribution >= 4 is 23.0 Å². The quantitative estimate of drug-likeness (QED) is 0.427. The van der Waals surface area contributed by atoms with E-state index in [-0.39, 0.29) is 35.0 Å². The fourth-order valence-corrected chi connectivity index (χ4v) is 3.60. The molecule has 0 saturated carbocycles. The molecule has 5 nitrogen and oxygen atoms in total. The SMILES string of the molecule is O=C(CCc1ccc(F)cc1)c1nc2ccc(Cc3cccc(Cl)c3F)cn2c(=O)c1O. The van der Waals surface area contributed by atoms with Crippen LogP contribution in [0.15, 0.2) is 65.6 Å². The molecule has 0 aliphatic carbocycles. The first-order chi connectivity index (χ1) is 15.3. The van der Waals surface area contributed by atoms with Crippen LogP contribution < -0.4 is 5.56 Å². The summed E-state index contributed by atoms with van der Waals surface area (Å²) in [5.74, 6) is -2.17. The fourth-order valence-electron chi connectivity index (χ4n) is 3.40. The number of hydrogen-bond donors (Lipinski definition) is 1. The molecule has 4 aromatic rings. The first-order valence-corrected chi connectivity index (χ1v) is 10.2. The van der Waals surface area contributed by atoms with Crippen LogP contribution in [0.3, 0.4) is 0 Å². The molecule has 2 aromatic carbocycles. The van der Waals surface area contributed by atoms with Crippen LogP contribution in [0.1, 0.15) is 33.6 Å². The Bertz CT molecular complexity index is 1380. The number of hydrogen-bond acceptors (Lipinski definition) is 4. The zero-order valence-corrected chi connectivity index (χ0v) is 17.4. The van der Waals surface area contributed by atoms with E-state index in [0.717, 1.165) is 9.96 Å². The summed E-state index contributed by atoms with van der Waals surface area (Å²) in [6, 6.07) is 13.6. The van der Waals surface area contributed by atoms with E-state index in [1.54, 1.807) is 30.3 Å². The molecule has 0 fully saturated rings. The van der Waals surface area contributed by atoms with Gasteiger partial charge in [-0.25, -0.2) is 13.8 Å². The zero-order chi connectivity index (χ0) is 22.8. The third kappa shape index (κ3) is 4.38. The average molecular weight is 455 g/mol. The second-order valence-corrected chi connectivity index (χ2v) is 7.73. The summed E-state index contributed by atoms with van der Waals surface area (Å²) in [5.41, 5.74) is 0.759. The Morgan fingerprint density at radius 2 is 1.75 bits per heavy atom. The number of pyridine rings is 1. The van der Waals surface area contributed by atoms with E-state index in [9.17, 15) is 23.5 Å². The Morgan fingerprint density at radius 1 is 1.03 bits per heavy atom. The van der Waals surface area contributed by atoms with Crippen molar-refractivity contribution in [3.05, 3.63) is 110 Å². The Hall–Kier alpha value is -3.58. The Labute approximate surface area is 186 Å². The Balaban J connectivity index is 1.60. The molecule has 0 bridgehead atoms. The number of nitrogens with zero attached hydrogens (tertiary/aromatic N) is 2. The van der Waals surface area contributed by atoms with E-state index in [4.69, 9.17) is 11.6 Å². The van der Waals surface area contributed by atoms with Gasteiger partial charge in [0.2, 0.25) is 5.75 Å². The van der Waals surface area contributed by atoms with Gasteiger partial charge in [-0.15, -0.1) is 0 Å². The summed E-state index contributed by atoms with van der Waals surface area (Å²) < 4.78 is 28.3. The molecule has 162 valence electrons. The Morgan fingerprint density at radius 3 is 2.50 bits per heavy atom. The molecule has 0 atom stereocenters. The van der Waals surface area contributed by atoms with Crippen LogP contribution in [0.25, 0.3) is 5.65 Å². The summed E-state index contributed by atoms with van der Waals surface area (Å²) >= 11 is 5.82. The molecule has 0 saturated heterocycles. The third-order valence-electron chi connectivity index (χ3n) is 5.10. The highest BCUT2D eigenvalue weighted by atomic mass is 35.5. The smallest absolute Gasteiger partial charge is 0.300 e. The number of halogens is 3. The van der Waals surface area contributed by atoms with Gasteiger partial charge < -0.3 is 5.11 Å². The lowest BCUT2D eigenvalue weighted by Crippen LogP contribution is -2.19. The maximum atomic E-state index is 14.2. The average Bonchev–Trinajstić information content (AvgIpc) is 2.79. The number of carbonyl (C=O) groups is 1. The molecule has 0 unspecified atom stereocenters. The van der Waals surface area contributed by atoms with Gasteiger partial charge in [0, 0.05) is 19.0 Å². The van der Waals surface area contributed by atoms with E-state index in [0.29, 0.717) is 17.5 Å². The van der Waals surface area contributed by atoms with E-state index in [1.165, 1.54) is 30.5 Å². The largest absolute Gasteiger partial charge is 0.501 e. The van der Waals surface area contributed by atoms with Gasteiger partial charge in [0.15, 0.2) is 11.5 Å². The minimum Gasteiger partial charge on any atom is -0.501 e. The normalized spacial score (nSPS) is 11.1. The van der Waals surface area contributed by atoms with Gasteiger partial charge in [-0.3, -0.25) is 14.0 Å². The molecule has 1 N–H and O–H groups in total. The molecule has 0 spiro atoms. The molecular formula is C24H17ClF2N2O3. The minimum absolute atomic E-state index is 0.00330. The lowest BCUT2D eigenvalue weighted by Gasteiger charge is -2.09. The van der Waals surface area contributed by atoms with Crippen molar-refractivity contribution in [2.75, 3.05) is 0 Å². The highest BCUT2D eigenvalue weighted by molar-refractivity contribution is 6.30. The fraction of sp³-hybridized carbons (Fsp3) is 0.125.